The Morgan fingerprint density at radius 2 is 1.57 bits per heavy atom. The van der Waals surface area contributed by atoms with Crippen LogP contribution in [0.2, 0.25) is 0 Å². The lowest BCUT2D eigenvalue weighted by atomic mass is 9.70. The molecule has 1 N–H and O–H groups in total. The predicted octanol–water partition coefficient (Wildman–Crippen LogP) is 4.79. The van der Waals surface area contributed by atoms with Crippen molar-refractivity contribution in [2.45, 2.75) is 37.5 Å². The summed E-state index contributed by atoms with van der Waals surface area (Å²) in [5.41, 5.74) is 2.58. The first-order valence-electron chi connectivity index (χ1n) is 8.01. The highest BCUT2D eigenvalue weighted by Crippen LogP contribution is 2.48. The fourth-order valence-electron chi connectivity index (χ4n) is 3.97. The minimum Gasteiger partial charge on any atom is -0.325 e. The van der Waals surface area contributed by atoms with Gasteiger partial charge in [0.05, 0.1) is 5.41 Å². The Bertz CT molecular complexity index is 774. The fourth-order valence-corrected chi connectivity index (χ4v) is 3.97. The van der Waals surface area contributed by atoms with Gasteiger partial charge in [0.1, 0.15) is 11.6 Å². The molecule has 0 bridgehead atoms. The molecule has 1 saturated carbocycles. The van der Waals surface area contributed by atoms with Gasteiger partial charge in [0.15, 0.2) is 0 Å². The first kappa shape index (κ1) is 14.4. The van der Waals surface area contributed by atoms with Crippen molar-refractivity contribution in [2.75, 3.05) is 5.32 Å². The minimum atomic E-state index is -0.595. The molecule has 0 unspecified atom stereocenters. The molecule has 1 heterocycles. The number of halogens is 2. The third kappa shape index (κ3) is 2.24. The molecule has 2 aromatic rings. The molecule has 2 nitrogen and oxygen atoms in total. The van der Waals surface area contributed by atoms with Gasteiger partial charge in [-0.25, -0.2) is 8.78 Å². The molecule has 0 atom stereocenters. The van der Waals surface area contributed by atoms with E-state index in [1.807, 2.05) is 12.1 Å². The topological polar surface area (TPSA) is 29.1 Å². The maximum absolute atomic E-state index is 13.5. The monoisotopic (exact) mass is 313 g/mol. The second kappa shape index (κ2) is 5.15. The molecule has 1 spiro atoms. The first-order chi connectivity index (χ1) is 11.1. The van der Waals surface area contributed by atoms with E-state index in [4.69, 9.17) is 0 Å². The van der Waals surface area contributed by atoms with Gasteiger partial charge in [0.25, 0.3) is 0 Å². The summed E-state index contributed by atoms with van der Waals surface area (Å²) in [4.78, 5) is 12.5. The number of fused-ring (bicyclic) bond motifs is 2. The third-order valence-electron chi connectivity index (χ3n) is 5.12. The van der Waals surface area contributed by atoms with Gasteiger partial charge >= 0.3 is 0 Å². The van der Waals surface area contributed by atoms with Crippen molar-refractivity contribution >= 4 is 11.6 Å². The zero-order valence-corrected chi connectivity index (χ0v) is 12.7. The molecule has 0 saturated heterocycles. The summed E-state index contributed by atoms with van der Waals surface area (Å²) in [7, 11) is 0. The number of carbonyl (C=O) groups excluding carboxylic acids is 1. The van der Waals surface area contributed by atoms with Gasteiger partial charge in [-0.3, -0.25) is 4.79 Å². The maximum Gasteiger partial charge on any atom is 0.235 e. The highest BCUT2D eigenvalue weighted by atomic mass is 19.1. The predicted molar refractivity (Wildman–Crippen MR) is 85.2 cm³/mol. The van der Waals surface area contributed by atoms with E-state index < -0.39 is 17.0 Å². The van der Waals surface area contributed by atoms with E-state index >= 15 is 0 Å². The molecule has 2 aromatic carbocycles. The molecule has 0 aromatic heterocycles. The SMILES string of the molecule is O=C1Nc2ccc(-c3cc(F)cc(F)c3)cc2C12CCCCC2. The Labute approximate surface area is 133 Å². The molecule has 118 valence electrons. The van der Waals surface area contributed by atoms with E-state index in [1.54, 1.807) is 6.07 Å². The van der Waals surface area contributed by atoms with Crippen molar-refractivity contribution in [3.63, 3.8) is 0 Å². The smallest absolute Gasteiger partial charge is 0.235 e. The molecule has 23 heavy (non-hydrogen) atoms. The quantitative estimate of drug-likeness (QED) is 0.806. The van der Waals surface area contributed by atoms with Gasteiger partial charge in [-0.1, -0.05) is 25.3 Å². The van der Waals surface area contributed by atoms with Gasteiger partial charge in [-0.2, -0.15) is 0 Å². The summed E-state index contributed by atoms with van der Waals surface area (Å²) < 4.78 is 27.0. The average Bonchev–Trinajstić information content (AvgIpc) is 2.79. The van der Waals surface area contributed by atoms with Crippen molar-refractivity contribution in [3.8, 4) is 11.1 Å². The van der Waals surface area contributed by atoms with Gasteiger partial charge in [-0.05, 0) is 53.8 Å². The summed E-state index contributed by atoms with van der Waals surface area (Å²) in [5.74, 6) is -1.13. The molecule has 4 heteroatoms. The largest absolute Gasteiger partial charge is 0.325 e. The molecular formula is C19H17F2NO. The second-order valence-corrected chi connectivity index (χ2v) is 6.52. The molecule has 4 rings (SSSR count). The van der Waals surface area contributed by atoms with E-state index in [-0.39, 0.29) is 5.91 Å². The van der Waals surface area contributed by atoms with E-state index in [0.717, 1.165) is 55.0 Å². The molecule has 1 aliphatic heterocycles. The van der Waals surface area contributed by atoms with E-state index in [0.29, 0.717) is 5.56 Å². The normalized spacial score (nSPS) is 18.8. The van der Waals surface area contributed by atoms with Gasteiger partial charge in [0, 0.05) is 11.8 Å². The van der Waals surface area contributed by atoms with Crippen molar-refractivity contribution < 1.29 is 13.6 Å². The summed E-state index contributed by atoms with van der Waals surface area (Å²) in [6.07, 6.45) is 4.90. The highest BCUT2D eigenvalue weighted by Gasteiger charge is 2.47. The van der Waals surface area contributed by atoms with Crippen LogP contribution in [-0.4, -0.2) is 5.91 Å². The lowest BCUT2D eigenvalue weighted by molar-refractivity contribution is -0.121. The highest BCUT2D eigenvalue weighted by molar-refractivity contribution is 6.06. The van der Waals surface area contributed by atoms with E-state index in [2.05, 4.69) is 5.32 Å². The minimum absolute atomic E-state index is 0.0646. The Kier molecular flexibility index (Phi) is 3.22. The van der Waals surface area contributed by atoms with Crippen LogP contribution in [0.3, 0.4) is 0 Å². The lowest BCUT2D eigenvalue weighted by Gasteiger charge is -2.31. The van der Waals surface area contributed by atoms with Crippen molar-refractivity contribution in [1.29, 1.82) is 0 Å². The van der Waals surface area contributed by atoms with Crippen molar-refractivity contribution in [1.82, 2.24) is 0 Å². The standard InChI is InChI=1S/C19H17F2NO/c20-14-8-13(9-15(21)11-14)12-4-5-17-16(10-12)19(18(23)22-17)6-2-1-3-7-19/h4-5,8-11H,1-3,6-7H2,(H,22,23). The number of nitrogens with one attached hydrogen (secondary N) is 1. The average molecular weight is 313 g/mol. The Balaban J connectivity index is 1.83. The molecule has 1 amide bonds. The summed E-state index contributed by atoms with van der Waals surface area (Å²) in [5, 5.41) is 2.97. The molecule has 0 radical (unpaired) electrons. The first-order valence-corrected chi connectivity index (χ1v) is 8.01. The number of benzene rings is 2. The Morgan fingerprint density at radius 3 is 2.26 bits per heavy atom. The van der Waals surface area contributed by atoms with Gasteiger partial charge < -0.3 is 5.32 Å². The number of hydrogen-bond acceptors (Lipinski definition) is 1. The van der Waals surface area contributed by atoms with Crippen LogP contribution in [0, 0.1) is 11.6 Å². The van der Waals surface area contributed by atoms with Crippen LogP contribution in [0.1, 0.15) is 37.7 Å². The molecule has 1 fully saturated rings. The zero-order chi connectivity index (χ0) is 16.0. The van der Waals surface area contributed by atoms with Crippen LogP contribution in [0.15, 0.2) is 36.4 Å². The summed E-state index contributed by atoms with van der Waals surface area (Å²) in [6, 6.07) is 9.08. The second-order valence-electron chi connectivity index (χ2n) is 6.52. The summed E-state index contributed by atoms with van der Waals surface area (Å²) in [6.45, 7) is 0. The number of hydrogen-bond donors (Lipinski definition) is 1. The van der Waals surface area contributed by atoms with Crippen LogP contribution in [0.5, 0.6) is 0 Å². The van der Waals surface area contributed by atoms with Crippen LogP contribution in [0.4, 0.5) is 14.5 Å². The third-order valence-corrected chi connectivity index (χ3v) is 5.12. The fraction of sp³-hybridized carbons (Fsp3) is 0.316. The number of anilines is 1. The number of carbonyl (C=O) groups is 1. The van der Waals surface area contributed by atoms with Crippen LogP contribution in [0.25, 0.3) is 11.1 Å². The number of rotatable bonds is 1. The summed E-state index contributed by atoms with van der Waals surface area (Å²) >= 11 is 0. The van der Waals surface area contributed by atoms with E-state index in [1.165, 1.54) is 12.1 Å². The molecule has 2 aliphatic rings. The Hall–Kier alpha value is -2.23. The van der Waals surface area contributed by atoms with Crippen LogP contribution >= 0.6 is 0 Å². The van der Waals surface area contributed by atoms with Crippen molar-refractivity contribution in [3.05, 3.63) is 53.6 Å². The zero-order valence-electron chi connectivity index (χ0n) is 12.7. The lowest BCUT2D eigenvalue weighted by Crippen LogP contribution is -2.36. The molecule has 1 aliphatic carbocycles. The van der Waals surface area contributed by atoms with Gasteiger partial charge in [-0.15, -0.1) is 0 Å². The van der Waals surface area contributed by atoms with Crippen molar-refractivity contribution in [2.24, 2.45) is 0 Å². The van der Waals surface area contributed by atoms with Crippen LogP contribution < -0.4 is 5.32 Å². The van der Waals surface area contributed by atoms with E-state index in [9.17, 15) is 13.6 Å². The molecular weight excluding hydrogens is 296 g/mol. The Morgan fingerprint density at radius 1 is 0.870 bits per heavy atom. The van der Waals surface area contributed by atoms with Crippen LogP contribution in [-0.2, 0) is 10.2 Å². The number of amides is 1. The maximum atomic E-state index is 13.5. The van der Waals surface area contributed by atoms with Gasteiger partial charge in [0.2, 0.25) is 5.91 Å².